The highest BCUT2D eigenvalue weighted by atomic mass is 32.1. The van der Waals surface area contributed by atoms with Crippen LogP contribution in [0.15, 0.2) is 40.8 Å². The molecule has 162 valence electrons. The van der Waals surface area contributed by atoms with E-state index in [1.165, 1.54) is 11.3 Å². The molecule has 1 aliphatic heterocycles. The second kappa shape index (κ2) is 9.56. The number of amides is 1. The predicted octanol–water partition coefficient (Wildman–Crippen LogP) is 4.92. The van der Waals surface area contributed by atoms with E-state index in [-0.39, 0.29) is 49.1 Å². The Morgan fingerprint density at radius 3 is 2.48 bits per heavy atom. The highest BCUT2D eigenvalue weighted by Crippen LogP contribution is 2.30. The number of hydrogen-bond acceptors (Lipinski definition) is 6. The van der Waals surface area contributed by atoms with Gasteiger partial charge in [0.05, 0.1) is 4.88 Å². The molecule has 0 atom stereocenters. The van der Waals surface area contributed by atoms with E-state index in [1.54, 1.807) is 6.07 Å². The van der Waals surface area contributed by atoms with E-state index < -0.39 is 0 Å². The first-order chi connectivity index (χ1) is 15.0. The van der Waals surface area contributed by atoms with Gasteiger partial charge >= 0.3 is 0 Å². The molecule has 1 saturated heterocycles. The second-order valence-corrected chi connectivity index (χ2v) is 9.33. The molecule has 1 aromatic carbocycles. The van der Waals surface area contributed by atoms with Crippen LogP contribution in [0.3, 0.4) is 0 Å². The number of fused-ring (bicyclic) bond motifs is 1. The first kappa shape index (κ1) is 21.4. The zero-order chi connectivity index (χ0) is 21.8. The summed E-state index contributed by atoms with van der Waals surface area (Å²) < 4.78 is 5.88. The van der Waals surface area contributed by atoms with E-state index in [0.29, 0.717) is 18.0 Å². The Morgan fingerprint density at radius 2 is 1.77 bits per heavy atom. The standard InChI is InChI=1S/C24H26N2O4S/c1-16-6-10-22(31-16)20(28)9-7-18(27)8-11-23(29)26-14-12-17(13-15-26)24-25-19-4-2-3-5-21(19)30-24/h2-6,10,17H,7-9,11-15H2,1H3. The number of thiophene rings is 1. The molecule has 0 saturated carbocycles. The topological polar surface area (TPSA) is 80.5 Å². The van der Waals surface area contributed by atoms with E-state index in [4.69, 9.17) is 4.42 Å². The van der Waals surface area contributed by atoms with Gasteiger partial charge in [0.15, 0.2) is 17.3 Å². The van der Waals surface area contributed by atoms with Crippen molar-refractivity contribution in [2.24, 2.45) is 0 Å². The molecule has 0 N–H and O–H groups in total. The molecule has 1 aliphatic rings. The van der Waals surface area contributed by atoms with Crippen molar-refractivity contribution in [3.8, 4) is 0 Å². The monoisotopic (exact) mass is 438 g/mol. The van der Waals surface area contributed by atoms with Crippen LogP contribution in [0.5, 0.6) is 0 Å². The minimum atomic E-state index is -0.0312. The molecule has 0 unspecified atom stereocenters. The first-order valence-electron chi connectivity index (χ1n) is 10.7. The van der Waals surface area contributed by atoms with Gasteiger partial charge in [0.2, 0.25) is 5.91 Å². The third-order valence-electron chi connectivity index (χ3n) is 5.77. The summed E-state index contributed by atoms with van der Waals surface area (Å²) >= 11 is 1.45. The lowest BCUT2D eigenvalue weighted by atomic mass is 9.96. The number of hydrogen-bond donors (Lipinski definition) is 0. The molecule has 0 bridgehead atoms. The number of aryl methyl sites for hydroxylation is 1. The minimum Gasteiger partial charge on any atom is -0.440 e. The number of likely N-dealkylation sites (tertiary alicyclic amines) is 1. The van der Waals surface area contributed by atoms with Crippen molar-refractivity contribution in [3.05, 3.63) is 52.0 Å². The lowest BCUT2D eigenvalue weighted by Gasteiger charge is -2.30. The van der Waals surface area contributed by atoms with Crippen LogP contribution in [-0.4, -0.2) is 40.4 Å². The maximum absolute atomic E-state index is 12.5. The maximum atomic E-state index is 12.5. The van der Waals surface area contributed by atoms with E-state index in [0.717, 1.165) is 34.7 Å². The van der Waals surface area contributed by atoms with Gasteiger partial charge in [0.25, 0.3) is 0 Å². The second-order valence-electron chi connectivity index (χ2n) is 8.05. The summed E-state index contributed by atoms with van der Waals surface area (Å²) in [5, 5.41) is 0. The van der Waals surface area contributed by atoms with Crippen molar-refractivity contribution in [2.45, 2.75) is 51.4 Å². The van der Waals surface area contributed by atoms with Gasteiger partial charge in [0, 0.05) is 49.6 Å². The molecule has 3 aromatic rings. The summed E-state index contributed by atoms with van der Waals surface area (Å²) in [5.74, 6) is 0.930. The molecule has 31 heavy (non-hydrogen) atoms. The number of benzene rings is 1. The van der Waals surface area contributed by atoms with Crippen molar-refractivity contribution < 1.29 is 18.8 Å². The highest BCUT2D eigenvalue weighted by molar-refractivity contribution is 7.14. The lowest BCUT2D eigenvalue weighted by molar-refractivity contribution is -0.134. The molecule has 7 heteroatoms. The fraction of sp³-hybridized carbons (Fsp3) is 0.417. The lowest BCUT2D eigenvalue weighted by Crippen LogP contribution is -2.38. The molecule has 4 rings (SSSR count). The third-order valence-corrected chi connectivity index (χ3v) is 6.81. The Hall–Kier alpha value is -2.80. The van der Waals surface area contributed by atoms with Gasteiger partial charge in [-0.25, -0.2) is 4.98 Å². The van der Waals surface area contributed by atoms with Crippen molar-refractivity contribution in [2.75, 3.05) is 13.1 Å². The Morgan fingerprint density at radius 1 is 1.03 bits per heavy atom. The van der Waals surface area contributed by atoms with Crippen molar-refractivity contribution in [1.82, 2.24) is 9.88 Å². The molecular formula is C24H26N2O4S. The number of carbonyl (C=O) groups excluding carboxylic acids is 3. The van der Waals surface area contributed by atoms with Crippen LogP contribution in [0.1, 0.15) is 64.9 Å². The molecule has 2 aromatic heterocycles. The van der Waals surface area contributed by atoms with Gasteiger partial charge in [0.1, 0.15) is 11.3 Å². The zero-order valence-corrected chi connectivity index (χ0v) is 18.5. The van der Waals surface area contributed by atoms with Crippen LogP contribution in [0.25, 0.3) is 11.1 Å². The largest absolute Gasteiger partial charge is 0.440 e. The van der Waals surface area contributed by atoms with Crippen LogP contribution in [0.2, 0.25) is 0 Å². The van der Waals surface area contributed by atoms with Crippen LogP contribution in [-0.2, 0) is 9.59 Å². The summed E-state index contributed by atoms with van der Waals surface area (Å²) in [6.45, 7) is 3.24. The summed E-state index contributed by atoms with van der Waals surface area (Å²) in [6.07, 6.45) is 2.42. The van der Waals surface area contributed by atoms with Crippen LogP contribution in [0, 0.1) is 6.92 Å². The Labute approximate surface area is 185 Å². The SMILES string of the molecule is Cc1ccc(C(=O)CCC(=O)CCC(=O)N2CCC(c3nc4ccccc4o3)CC2)s1. The fourth-order valence-corrected chi connectivity index (χ4v) is 4.77. The van der Waals surface area contributed by atoms with Crippen molar-refractivity contribution in [1.29, 1.82) is 0 Å². The third kappa shape index (κ3) is 5.28. The van der Waals surface area contributed by atoms with Crippen LogP contribution in [0.4, 0.5) is 0 Å². The van der Waals surface area contributed by atoms with Gasteiger partial charge in [-0.1, -0.05) is 12.1 Å². The molecule has 6 nitrogen and oxygen atoms in total. The van der Waals surface area contributed by atoms with Gasteiger partial charge in [-0.05, 0) is 44.0 Å². The Kier molecular flexibility index (Phi) is 6.61. The van der Waals surface area contributed by atoms with Gasteiger partial charge in [-0.2, -0.15) is 0 Å². The summed E-state index contributed by atoms with van der Waals surface area (Å²) in [5.41, 5.74) is 1.66. The maximum Gasteiger partial charge on any atom is 0.223 e. The quantitative estimate of drug-likeness (QED) is 0.467. The number of aromatic nitrogens is 1. The first-order valence-corrected chi connectivity index (χ1v) is 11.6. The van der Waals surface area contributed by atoms with E-state index >= 15 is 0 Å². The fourth-order valence-electron chi connectivity index (χ4n) is 3.93. The van der Waals surface area contributed by atoms with E-state index in [1.807, 2.05) is 42.2 Å². The average molecular weight is 439 g/mol. The normalized spacial score (nSPS) is 14.8. The summed E-state index contributed by atoms with van der Waals surface area (Å²) in [4.78, 5) is 45.0. The van der Waals surface area contributed by atoms with Crippen LogP contribution < -0.4 is 0 Å². The molecule has 0 aliphatic carbocycles. The number of Topliss-reactive ketones (excluding diaryl/α,β-unsaturated/α-hetero) is 2. The van der Waals surface area contributed by atoms with Crippen molar-refractivity contribution in [3.63, 3.8) is 0 Å². The molecule has 0 spiro atoms. The summed E-state index contributed by atoms with van der Waals surface area (Å²) in [7, 11) is 0. The van der Waals surface area contributed by atoms with Gasteiger partial charge in [-0.15, -0.1) is 11.3 Å². The number of nitrogens with zero attached hydrogens (tertiary/aromatic N) is 2. The molecule has 1 fully saturated rings. The van der Waals surface area contributed by atoms with Gasteiger partial charge < -0.3 is 9.32 Å². The zero-order valence-electron chi connectivity index (χ0n) is 17.6. The number of rotatable bonds is 8. The number of piperidine rings is 1. The molecular weight excluding hydrogens is 412 g/mol. The molecule has 3 heterocycles. The number of ketones is 2. The number of oxazole rings is 1. The summed E-state index contributed by atoms with van der Waals surface area (Å²) in [6, 6.07) is 11.4. The van der Waals surface area contributed by atoms with E-state index in [2.05, 4.69) is 4.98 Å². The van der Waals surface area contributed by atoms with Crippen molar-refractivity contribution >= 4 is 39.9 Å². The molecule has 1 amide bonds. The van der Waals surface area contributed by atoms with Gasteiger partial charge in [-0.3, -0.25) is 14.4 Å². The minimum absolute atomic E-state index is 0.000884. The predicted molar refractivity (Wildman–Crippen MR) is 119 cm³/mol. The Bertz CT molecular complexity index is 1060. The molecule has 0 radical (unpaired) electrons. The Balaban J connectivity index is 1.19. The smallest absolute Gasteiger partial charge is 0.223 e. The number of para-hydroxylation sites is 2. The number of carbonyl (C=O) groups is 3. The highest BCUT2D eigenvalue weighted by Gasteiger charge is 2.27. The van der Waals surface area contributed by atoms with Crippen LogP contribution >= 0.6 is 11.3 Å². The average Bonchev–Trinajstić information content (AvgIpc) is 3.42. The van der Waals surface area contributed by atoms with E-state index in [9.17, 15) is 14.4 Å².